The van der Waals surface area contributed by atoms with Crippen LogP contribution in [0.1, 0.15) is 31.4 Å². The maximum atomic E-state index is 13.9. The first-order valence-electron chi connectivity index (χ1n) is 12.6. The number of sulfonamides is 1. The quantitative estimate of drug-likeness (QED) is 0.284. The first-order valence-corrected chi connectivity index (χ1v) is 14.4. The van der Waals surface area contributed by atoms with Gasteiger partial charge in [0.1, 0.15) is 18.4 Å². The number of benzene rings is 3. The smallest absolute Gasteiger partial charge is 0.355 e. The highest BCUT2D eigenvalue weighted by Gasteiger charge is 2.37. The lowest BCUT2D eigenvalue weighted by molar-refractivity contribution is -0.140. The Morgan fingerprint density at radius 2 is 1.61 bits per heavy atom. The van der Waals surface area contributed by atoms with Gasteiger partial charge < -0.3 is 10.2 Å². The maximum Gasteiger partial charge on any atom is 0.417 e. The number of carbonyl (C=O) groups excluding carboxylic acids is 2. The van der Waals surface area contributed by atoms with Crippen LogP contribution < -0.4 is 9.62 Å². The molecule has 0 aromatic heterocycles. The molecule has 0 bridgehead atoms. The lowest BCUT2D eigenvalue weighted by atomic mass is 10.1. The Hall–Kier alpha value is -3.64. The Labute approximate surface area is 240 Å². The molecule has 0 saturated heterocycles. The number of alkyl halides is 3. The summed E-state index contributed by atoms with van der Waals surface area (Å²) in [5, 5.41) is 1.99. The molecule has 0 aliphatic rings. The molecule has 2 amide bonds. The normalized spacial score (nSPS) is 12.5. The van der Waals surface area contributed by atoms with Crippen molar-refractivity contribution in [3.05, 3.63) is 94.8 Å². The van der Waals surface area contributed by atoms with E-state index in [0.29, 0.717) is 15.9 Å². The van der Waals surface area contributed by atoms with E-state index in [9.17, 15) is 35.6 Å². The van der Waals surface area contributed by atoms with Crippen LogP contribution in [0.15, 0.2) is 77.7 Å². The van der Waals surface area contributed by atoms with E-state index in [0.717, 1.165) is 17.0 Å². The van der Waals surface area contributed by atoms with Gasteiger partial charge in [0, 0.05) is 13.1 Å². The molecular formula is C28H28ClF4N3O4S. The summed E-state index contributed by atoms with van der Waals surface area (Å²) in [7, 11) is -4.57. The van der Waals surface area contributed by atoms with E-state index < -0.39 is 62.7 Å². The van der Waals surface area contributed by atoms with E-state index in [-0.39, 0.29) is 24.4 Å². The molecule has 3 aromatic rings. The minimum absolute atomic E-state index is 0.142. The molecule has 0 unspecified atom stereocenters. The molecule has 220 valence electrons. The summed E-state index contributed by atoms with van der Waals surface area (Å²) in [6.07, 6.45) is -4.76. The molecule has 41 heavy (non-hydrogen) atoms. The molecule has 0 saturated carbocycles. The number of amides is 2. The van der Waals surface area contributed by atoms with Crippen LogP contribution in [0.25, 0.3) is 0 Å². The van der Waals surface area contributed by atoms with Crippen molar-refractivity contribution in [1.82, 2.24) is 10.2 Å². The van der Waals surface area contributed by atoms with E-state index in [1.807, 2.05) is 0 Å². The van der Waals surface area contributed by atoms with Gasteiger partial charge in [-0.05, 0) is 61.4 Å². The summed E-state index contributed by atoms with van der Waals surface area (Å²) < 4.78 is 82.6. The molecular weight excluding hydrogens is 586 g/mol. The molecule has 0 aliphatic carbocycles. The van der Waals surface area contributed by atoms with E-state index in [4.69, 9.17) is 11.6 Å². The van der Waals surface area contributed by atoms with Crippen molar-refractivity contribution in [2.75, 3.05) is 17.4 Å². The van der Waals surface area contributed by atoms with Crippen LogP contribution in [0, 0.1) is 5.82 Å². The molecule has 3 rings (SSSR count). The second kappa shape index (κ2) is 13.3. The fraction of sp³-hybridized carbons (Fsp3) is 0.286. The second-order valence-electron chi connectivity index (χ2n) is 8.95. The highest BCUT2D eigenvalue weighted by atomic mass is 35.5. The number of halogens is 5. The number of rotatable bonds is 11. The minimum atomic E-state index is -4.90. The van der Waals surface area contributed by atoms with Crippen LogP contribution in [-0.2, 0) is 32.3 Å². The van der Waals surface area contributed by atoms with Crippen LogP contribution in [0.4, 0.5) is 23.2 Å². The Balaban J connectivity index is 2.13. The molecule has 0 fully saturated rings. The number of anilines is 1. The second-order valence-corrected chi connectivity index (χ2v) is 11.2. The van der Waals surface area contributed by atoms with Gasteiger partial charge in [0.15, 0.2) is 0 Å². The zero-order valence-corrected chi connectivity index (χ0v) is 23.7. The molecule has 0 aliphatic heterocycles. The first-order chi connectivity index (χ1) is 19.3. The third kappa shape index (κ3) is 7.76. The third-order valence-corrected chi connectivity index (χ3v) is 8.27. The molecule has 0 radical (unpaired) electrons. The van der Waals surface area contributed by atoms with Crippen LogP contribution in [0.2, 0.25) is 5.02 Å². The maximum absolute atomic E-state index is 13.9. The molecule has 3 aromatic carbocycles. The average Bonchev–Trinajstić information content (AvgIpc) is 2.93. The SMILES string of the molecule is CCNC(=O)[C@H](CC)N(Cc1ccc(F)cc1)C(=O)CN(c1ccc(Cl)c(C(F)(F)F)c1)S(=O)(=O)c1ccccc1. The summed E-state index contributed by atoms with van der Waals surface area (Å²) in [6.45, 7) is 2.46. The van der Waals surface area contributed by atoms with Crippen molar-refractivity contribution >= 4 is 39.1 Å². The van der Waals surface area contributed by atoms with Gasteiger partial charge in [-0.2, -0.15) is 13.2 Å². The van der Waals surface area contributed by atoms with E-state index in [1.54, 1.807) is 19.9 Å². The van der Waals surface area contributed by atoms with Gasteiger partial charge in [-0.3, -0.25) is 13.9 Å². The third-order valence-electron chi connectivity index (χ3n) is 6.16. The summed E-state index contributed by atoms with van der Waals surface area (Å²) in [6, 6.07) is 13.5. The highest BCUT2D eigenvalue weighted by Crippen LogP contribution is 2.38. The Kier molecular flexibility index (Phi) is 10.4. The predicted molar refractivity (Wildman–Crippen MR) is 147 cm³/mol. The molecule has 0 heterocycles. The fourth-order valence-corrected chi connectivity index (χ4v) is 5.78. The summed E-state index contributed by atoms with van der Waals surface area (Å²) in [4.78, 5) is 27.6. The standard InChI is InChI=1S/C28H28ClF4N3O4S/c1-3-25(27(38)34-4-2)35(17-19-10-12-20(30)13-11-19)26(37)18-36(41(39,40)22-8-6-5-7-9-22)21-14-15-24(29)23(16-21)28(31,32)33/h5-16,25H,3-4,17-18H2,1-2H3,(H,34,38)/t25-/m0/s1. The van der Waals surface area contributed by atoms with Crippen LogP contribution in [-0.4, -0.2) is 44.3 Å². The Bertz CT molecular complexity index is 1470. The van der Waals surface area contributed by atoms with Gasteiger partial charge in [-0.25, -0.2) is 12.8 Å². The summed E-state index contributed by atoms with van der Waals surface area (Å²) in [5.41, 5.74) is -1.29. The van der Waals surface area contributed by atoms with Crippen LogP contribution >= 0.6 is 11.6 Å². The van der Waals surface area contributed by atoms with Crippen molar-refractivity contribution in [2.24, 2.45) is 0 Å². The lowest BCUT2D eigenvalue weighted by Crippen LogP contribution is -2.52. The highest BCUT2D eigenvalue weighted by molar-refractivity contribution is 7.92. The van der Waals surface area contributed by atoms with Crippen molar-refractivity contribution < 1.29 is 35.6 Å². The van der Waals surface area contributed by atoms with Gasteiger partial charge in [-0.1, -0.05) is 48.9 Å². The Morgan fingerprint density at radius 1 is 0.976 bits per heavy atom. The number of carbonyl (C=O) groups is 2. The number of likely N-dealkylation sites (N-methyl/N-ethyl adjacent to an activating group) is 1. The van der Waals surface area contributed by atoms with E-state index in [2.05, 4.69) is 5.32 Å². The topological polar surface area (TPSA) is 86.8 Å². The van der Waals surface area contributed by atoms with Crippen molar-refractivity contribution in [2.45, 2.75) is 43.9 Å². The zero-order valence-electron chi connectivity index (χ0n) is 22.2. The van der Waals surface area contributed by atoms with Gasteiger partial charge >= 0.3 is 6.18 Å². The number of nitrogens with one attached hydrogen (secondary N) is 1. The van der Waals surface area contributed by atoms with Gasteiger partial charge in [0.25, 0.3) is 10.0 Å². The van der Waals surface area contributed by atoms with Crippen molar-refractivity contribution in [3.8, 4) is 0 Å². The molecule has 1 N–H and O–H groups in total. The van der Waals surface area contributed by atoms with Crippen LogP contribution in [0.5, 0.6) is 0 Å². The fourth-order valence-electron chi connectivity index (χ4n) is 4.13. The monoisotopic (exact) mass is 613 g/mol. The van der Waals surface area contributed by atoms with Gasteiger partial charge in [0.05, 0.1) is 21.2 Å². The molecule has 13 heteroatoms. The van der Waals surface area contributed by atoms with E-state index >= 15 is 0 Å². The van der Waals surface area contributed by atoms with Gasteiger partial charge in [-0.15, -0.1) is 0 Å². The summed E-state index contributed by atoms with van der Waals surface area (Å²) >= 11 is 5.77. The number of hydrogen-bond acceptors (Lipinski definition) is 4. The largest absolute Gasteiger partial charge is 0.417 e. The number of nitrogens with zero attached hydrogens (tertiary/aromatic N) is 2. The zero-order chi connectivity index (χ0) is 30.4. The molecule has 0 spiro atoms. The van der Waals surface area contributed by atoms with Crippen LogP contribution in [0.3, 0.4) is 0 Å². The van der Waals surface area contributed by atoms with Gasteiger partial charge in [0.2, 0.25) is 11.8 Å². The number of hydrogen-bond donors (Lipinski definition) is 1. The minimum Gasteiger partial charge on any atom is -0.355 e. The first kappa shape index (κ1) is 31.9. The Morgan fingerprint density at radius 3 is 2.17 bits per heavy atom. The van der Waals surface area contributed by atoms with E-state index in [1.165, 1.54) is 48.5 Å². The lowest BCUT2D eigenvalue weighted by Gasteiger charge is -2.33. The van der Waals surface area contributed by atoms with Crippen molar-refractivity contribution in [3.63, 3.8) is 0 Å². The predicted octanol–water partition coefficient (Wildman–Crippen LogP) is 5.64. The molecule has 7 nitrogen and oxygen atoms in total. The summed E-state index contributed by atoms with van der Waals surface area (Å²) in [5.74, 6) is -1.89. The molecule has 1 atom stereocenters. The van der Waals surface area contributed by atoms with Crippen molar-refractivity contribution in [1.29, 1.82) is 0 Å². The average molecular weight is 614 g/mol.